The number of rotatable bonds is 20. The van der Waals surface area contributed by atoms with E-state index in [1.165, 1.54) is 79.6 Å². The summed E-state index contributed by atoms with van der Waals surface area (Å²) in [5, 5.41) is 21.9. The maximum absolute atomic E-state index is 2.32. The van der Waals surface area contributed by atoms with Gasteiger partial charge in [-0.3, -0.25) is 0 Å². The van der Waals surface area contributed by atoms with Crippen LogP contribution in [0.15, 0.2) is 455 Å². The Morgan fingerprint density at radius 1 is 0.112 bits per heavy atom. The van der Waals surface area contributed by atoms with Gasteiger partial charge in [-0.1, -0.05) is 273 Å². The Bertz CT molecular complexity index is 3640. The van der Waals surface area contributed by atoms with Crippen LogP contribution in [-0.2, 0) is 0 Å². The van der Waals surface area contributed by atoms with Gasteiger partial charge in [0.2, 0.25) is 0 Å². The van der Waals surface area contributed by atoms with Gasteiger partial charge in [-0.25, -0.2) is 0 Å². The standard InChI is InChI=1S/5C20H20P.2HI/c5*1-2-21(18-12-6-3-7-13-18,19-14-8-4-9-15-19)20-16-10-5-11-17-20;;/h5*3-17H,2H2,1H3;2*1H/q5*+1;;. The van der Waals surface area contributed by atoms with Gasteiger partial charge in [-0.2, -0.15) is 0 Å². The molecule has 107 heavy (non-hydrogen) atoms. The van der Waals surface area contributed by atoms with Crippen molar-refractivity contribution in [2.45, 2.75) is 34.6 Å². The van der Waals surface area contributed by atoms with E-state index in [0.717, 1.165) is 30.8 Å². The summed E-state index contributed by atoms with van der Waals surface area (Å²) in [6.07, 6.45) is 5.72. The largest absolute Gasteiger partial charge is 0.111 e. The molecule has 15 rings (SSSR count). The van der Waals surface area contributed by atoms with Gasteiger partial charge in [0.25, 0.3) is 0 Å². The maximum atomic E-state index is 2.32. The van der Waals surface area contributed by atoms with E-state index in [4.69, 9.17) is 0 Å². The summed E-state index contributed by atoms with van der Waals surface area (Å²) in [6, 6.07) is 165. The Morgan fingerprint density at radius 2 is 0.168 bits per heavy atom. The minimum Gasteiger partial charge on any atom is -0.107 e. The van der Waals surface area contributed by atoms with E-state index < -0.39 is 36.3 Å². The molecule has 0 aliphatic heterocycles. The summed E-state index contributed by atoms with van der Waals surface area (Å²) in [5.41, 5.74) is 0. The smallest absolute Gasteiger partial charge is 0.107 e. The topological polar surface area (TPSA) is 0 Å². The molecule has 0 fully saturated rings. The highest BCUT2D eigenvalue weighted by Crippen LogP contribution is 2.59. The summed E-state index contributed by atoms with van der Waals surface area (Å²) >= 11 is 0. The first-order chi connectivity index (χ1) is 51.9. The summed E-state index contributed by atoms with van der Waals surface area (Å²) in [4.78, 5) is 0. The van der Waals surface area contributed by atoms with Crippen LogP contribution < -0.4 is 79.6 Å². The van der Waals surface area contributed by atoms with Crippen LogP contribution in [0.1, 0.15) is 34.6 Å². The lowest BCUT2D eigenvalue weighted by Crippen LogP contribution is -2.32. The summed E-state index contributed by atoms with van der Waals surface area (Å²) in [7, 11) is -7.67. The summed E-state index contributed by atoms with van der Waals surface area (Å²) in [6.45, 7) is 11.6. The van der Waals surface area contributed by atoms with Gasteiger partial charge in [0, 0.05) is 0 Å². The van der Waals surface area contributed by atoms with Crippen LogP contribution in [0.2, 0.25) is 0 Å². The minimum atomic E-state index is -1.53. The second-order valence-electron chi connectivity index (χ2n) is 25.7. The van der Waals surface area contributed by atoms with Crippen LogP contribution in [-0.4, -0.2) is 30.8 Å². The van der Waals surface area contributed by atoms with Crippen molar-refractivity contribution in [3.05, 3.63) is 455 Å². The molecule has 0 heterocycles. The third-order valence-electron chi connectivity index (χ3n) is 20.3. The second-order valence-corrected chi connectivity index (χ2v) is 44.7. The molecule has 0 saturated heterocycles. The Kier molecular flexibility index (Phi) is 33.0. The lowest BCUT2D eigenvalue weighted by Gasteiger charge is -2.26. The zero-order valence-electron chi connectivity index (χ0n) is 62.4. The Hall–Kier alpha value is -8.09. The maximum Gasteiger partial charge on any atom is 0.111 e. The first-order valence-corrected chi connectivity index (χ1v) is 47.0. The summed E-state index contributed by atoms with van der Waals surface area (Å²) < 4.78 is 0. The minimum absolute atomic E-state index is 0. The van der Waals surface area contributed by atoms with Crippen LogP contribution in [0, 0.1) is 0 Å². The van der Waals surface area contributed by atoms with Gasteiger partial charge in [-0.15, -0.1) is 48.0 Å². The van der Waals surface area contributed by atoms with E-state index in [1.54, 1.807) is 0 Å². The Labute approximate surface area is 678 Å². The van der Waals surface area contributed by atoms with Crippen molar-refractivity contribution >= 4 is 164 Å². The van der Waals surface area contributed by atoms with Crippen molar-refractivity contribution in [3.63, 3.8) is 0 Å². The molecule has 0 saturated carbocycles. The second kappa shape index (κ2) is 42.6. The average Bonchev–Trinajstić information content (AvgIpc) is 0.795. The third-order valence-corrected chi connectivity index (χ3v) is 42.8. The van der Waals surface area contributed by atoms with E-state index >= 15 is 0 Å². The lowest BCUT2D eigenvalue weighted by atomic mass is 10.4. The first-order valence-electron chi connectivity index (χ1n) is 37.1. The molecule has 15 aromatic carbocycles. The molecule has 0 amide bonds. The zero-order valence-corrected chi connectivity index (χ0v) is 71.5. The van der Waals surface area contributed by atoms with Crippen molar-refractivity contribution < 1.29 is 0 Å². The van der Waals surface area contributed by atoms with Crippen LogP contribution in [0.4, 0.5) is 0 Å². The molecule has 0 bridgehead atoms. The van der Waals surface area contributed by atoms with Gasteiger partial charge < -0.3 is 0 Å². The van der Waals surface area contributed by atoms with Crippen LogP contribution in [0.25, 0.3) is 0 Å². The molecule has 536 valence electrons. The quantitative estimate of drug-likeness (QED) is 0.0527. The SMILES string of the molecule is CC[P+](c1ccccc1)(c1ccccc1)c1ccccc1.CC[P+](c1ccccc1)(c1ccccc1)c1ccccc1.CC[P+](c1ccccc1)(c1ccccc1)c1ccccc1.CC[P+](c1ccccc1)(c1ccccc1)c1ccccc1.CC[P+](c1ccccc1)(c1ccccc1)c1ccccc1.I.I. The van der Waals surface area contributed by atoms with E-state index in [-0.39, 0.29) is 48.0 Å². The van der Waals surface area contributed by atoms with Crippen molar-refractivity contribution in [2.24, 2.45) is 0 Å². The molecule has 15 aromatic rings. The fourth-order valence-electron chi connectivity index (χ4n) is 15.2. The molecule has 0 atom stereocenters. The van der Waals surface area contributed by atoms with Crippen LogP contribution >= 0.6 is 84.3 Å². The molecule has 7 heteroatoms. The number of hydrogen-bond donors (Lipinski definition) is 0. The monoisotopic (exact) mass is 1710 g/mol. The fourth-order valence-corrected chi connectivity index (χ4v) is 35.4. The van der Waals surface area contributed by atoms with Crippen LogP contribution in [0.5, 0.6) is 0 Å². The highest BCUT2D eigenvalue weighted by Gasteiger charge is 2.47. The van der Waals surface area contributed by atoms with Crippen molar-refractivity contribution in [1.29, 1.82) is 0 Å². The van der Waals surface area contributed by atoms with Crippen LogP contribution in [0.3, 0.4) is 0 Å². The molecular formula is C100H102I2P5+5. The predicted molar refractivity (Wildman–Crippen MR) is 509 cm³/mol. The van der Waals surface area contributed by atoms with Crippen molar-refractivity contribution in [3.8, 4) is 0 Å². The van der Waals surface area contributed by atoms with E-state index in [0.29, 0.717) is 0 Å². The molecule has 0 spiro atoms. The van der Waals surface area contributed by atoms with Gasteiger partial charge in [0.1, 0.15) is 116 Å². The van der Waals surface area contributed by atoms with Gasteiger partial charge in [0.15, 0.2) is 0 Å². The number of hydrogen-bond acceptors (Lipinski definition) is 0. The Balaban J connectivity index is 0.000000154. The predicted octanol–water partition coefficient (Wildman–Crippen LogP) is 21.2. The molecule has 0 aliphatic rings. The van der Waals surface area contributed by atoms with Crippen molar-refractivity contribution in [1.82, 2.24) is 0 Å². The molecule has 0 aromatic heterocycles. The Morgan fingerprint density at radius 3 is 0.215 bits per heavy atom. The first kappa shape index (κ1) is 83.0. The van der Waals surface area contributed by atoms with Crippen molar-refractivity contribution in [2.75, 3.05) is 30.8 Å². The number of halogens is 2. The molecule has 0 N–H and O–H groups in total. The normalized spacial score (nSPS) is 11.1. The third kappa shape index (κ3) is 19.1. The molecular weight excluding hydrogens is 1610 g/mol. The van der Waals surface area contributed by atoms with Gasteiger partial charge in [0.05, 0.1) is 30.8 Å². The fraction of sp³-hybridized carbons (Fsp3) is 0.100. The molecule has 0 radical (unpaired) electrons. The molecule has 0 unspecified atom stereocenters. The molecule has 0 nitrogen and oxygen atoms in total. The molecule has 0 aliphatic carbocycles. The lowest BCUT2D eigenvalue weighted by molar-refractivity contribution is 1.48. The van der Waals surface area contributed by atoms with E-state index in [1.807, 2.05) is 0 Å². The highest BCUT2D eigenvalue weighted by molar-refractivity contribution is 14.0. The highest BCUT2D eigenvalue weighted by atomic mass is 127. The summed E-state index contributed by atoms with van der Waals surface area (Å²) in [5.74, 6) is 0. The number of benzene rings is 15. The van der Waals surface area contributed by atoms with Gasteiger partial charge in [-0.05, 0) is 217 Å². The zero-order chi connectivity index (χ0) is 72.7. The average molecular weight is 1710 g/mol. The van der Waals surface area contributed by atoms with E-state index in [9.17, 15) is 0 Å². The van der Waals surface area contributed by atoms with Gasteiger partial charge >= 0.3 is 0 Å². The van der Waals surface area contributed by atoms with E-state index in [2.05, 4.69) is 490 Å².